The van der Waals surface area contributed by atoms with Crippen LogP contribution in [0.5, 0.6) is 0 Å². The Balaban J connectivity index is 1.66. The first-order valence-electron chi connectivity index (χ1n) is 8.38. The maximum Gasteiger partial charge on any atom is 0.279 e. The van der Waals surface area contributed by atoms with Crippen molar-refractivity contribution in [3.05, 3.63) is 65.1 Å². The normalized spacial score (nSPS) is 13.7. The van der Waals surface area contributed by atoms with Crippen molar-refractivity contribution in [1.29, 1.82) is 0 Å². The summed E-state index contributed by atoms with van der Waals surface area (Å²) in [6.45, 7) is 4.00. The third-order valence-electron chi connectivity index (χ3n) is 4.32. The largest absolute Gasteiger partial charge is 0.305 e. The van der Waals surface area contributed by atoms with Gasteiger partial charge >= 0.3 is 0 Å². The Labute approximate surface area is 145 Å². The van der Waals surface area contributed by atoms with E-state index in [4.69, 9.17) is 0 Å². The van der Waals surface area contributed by atoms with Crippen LogP contribution in [0.2, 0.25) is 0 Å². The summed E-state index contributed by atoms with van der Waals surface area (Å²) in [5.41, 5.74) is 4.41. The number of amides is 1. The summed E-state index contributed by atoms with van der Waals surface area (Å²) in [5.74, 6) is 0.585. The number of aryl methyl sites for hydroxylation is 2. The van der Waals surface area contributed by atoms with Gasteiger partial charge in [0.05, 0.1) is 11.4 Å². The Morgan fingerprint density at radius 3 is 2.44 bits per heavy atom. The lowest BCUT2D eigenvalue weighted by Crippen LogP contribution is -2.16. The molecule has 0 bridgehead atoms. The zero-order valence-electron chi connectivity index (χ0n) is 14.2. The number of anilines is 1. The summed E-state index contributed by atoms with van der Waals surface area (Å²) in [6, 6.07) is 11.8. The average molecular weight is 333 g/mol. The van der Waals surface area contributed by atoms with Crippen LogP contribution in [-0.2, 0) is 0 Å². The van der Waals surface area contributed by atoms with E-state index in [1.807, 2.05) is 44.2 Å². The molecule has 1 aliphatic rings. The average Bonchev–Trinajstić information content (AvgIpc) is 3.36. The van der Waals surface area contributed by atoms with E-state index in [-0.39, 0.29) is 5.91 Å². The van der Waals surface area contributed by atoms with Crippen LogP contribution in [0.25, 0.3) is 5.69 Å². The van der Waals surface area contributed by atoms with Crippen LogP contribution in [-0.4, -0.2) is 25.9 Å². The molecule has 0 spiro atoms. The van der Waals surface area contributed by atoms with Gasteiger partial charge in [0, 0.05) is 12.1 Å². The minimum absolute atomic E-state index is 0.267. The maximum atomic E-state index is 12.7. The first-order valence-corrected chi connectivity index (χ1v) is 8.38. The predicted octanol–water partition coefficient (Wildman–Crippen LogP) is 3.41. The van der Waals surface area contributed by atoms with Crippen LogP contribution >= 0.6 is 0 Å². The van der Waals surface area contributed by atoms with E-state index in [0.29, 0.717) is 17.4 Å². The molecule has 0 unspecified atom stereocenters. The molecule has 1 amide bonds. The third-order valence-corrected chi connectivity index (χ3v) is 4.32. The topological polar surface area (TPSA) is 72.7 Å². The summed E-state index contributed by atoms with van der Waals surface area (Å²) < 4.78 is 1.79. The standard InChI is InChI=1S/C19H19N5O/c1-12-3-8-15(9-4-12)24-18(14-6-7-14)17(22-23-24)19(25)21-16-10-5-13(2)11-20-16/h3-5,8-11,14H,6-7H2,1-2H3,(H,20,21,25). The van der Waals surface area contributed by atoms with E-state index in [2.05, 4.69) is 20.6 Å². The quantitative estimate of drug-likeness (QED) is 0.794. The summed E-state index contributed by atoms with van der Waals surface area (Å²) >= 11 is 0. The van der Waals surface area contributed by atoms with E-state index >= 15 is 0 Å². The van der Waals surface area contributed by atoms with Crippen molar-refractivity contribution < 1.29 is 4.79 Å². The van der Waals surface area contributed by atoms with Gasteiger partial charge in [-0.2, -0.15) is 0 Å². The highest BCUT2D eigenvalue weighted by Crippen LogP contribution is 2.42. The molecule has 0 radical (unpaired) electrons. The molecule has 6 heteroatoms. The number of carbonyl (C=O) groups is 1. The Morgan fingerprint density at radius 2 is 1.80 bits per heavy atom. The lowest BCUT2D eigenvalue weighted by molar-refractivity contribution is 0.102. The fourth-order valence-electron chi connectivity index (χ4n) is 2.77. The summed E-state index contributed by atoms with van der Waals surface area (Å²) in [4.78, 5) is 16.9. The first-order chi connectivity index (χ1) is 12.1. The Kier molecular flexibility index (Phi) is 3.80. The van der Waals surface area contributed by atoms with Gasteiger partial charge in [0.1, 0.15) is 5.82 Å². The smallest absolute Gasteiger partial charge is 0.279 e. The molecule has 1 N–H and O–H groups in total. The second kappa shape index (κ2) is 6.12. The van der Waals surface area contributed by atoms with Crippen molar-refractivity contribution in [3.63, 3.8) is 0 Å². The monoisotopic (exact) mass is 333 g/mol. The number of hydrogen-bond acceptors (Lipinski definition) is 4. The van der Waals surface area contributed by atoms with Crippen LogP contribution in [0.15, 0.2) is 42.6 Å². The number of aromatic nitrogens is 4. The maximum absolute atomic E-state index is 12.7. The van der Waals surface area contributed by atoms with Crippen LogP contribution in [0, 0.1) is 13.8 Å². The van der Waals surface area contributed by atoms with Gasteiger partial charge in [0.2, 0.25) is 0 Å². The molecule has 2 aromatic heterocycles. The van der Waals surface area contributed by atoms with Crippen LogP contribution in [0.3, 0.4) is 0 Å². The van der Waals surface area contributed by atoms with Gasteiger partial charge in [0.25, 0.3) is 5.91 Å². The molecule has 1 saturated carbocycles. The van der Waals surface area contributed by atoms with Gasteiger partial charge in [-0.1, -0.05) is 29.0 Å². The molecule has 0 saturated heterocycles. The van der Waals surface area contributed by atoms with E-state index in [1.54, 1.807) is 16.9 Å². The van der Waals surface area contributed by atoms with Gasteiger partial charge < -0.3 is 5.32 Å². The number of rotatable bonds is 4. The van der Waals surface area contributed by atoms with E-state index < -0.39 is 0 Å². The number of nitrogens with one attached hydrogen (secondary N) is 1. The number of benzene rings is 1. The predicted molar refractivity (Wildman–Crippen MR) is 95.0 cm³/mol. The summed E-state index contributed by atoms with van der Waals surface area (Å²) in [6.07, 6.45) is 3.84. The molecule has 1 fully saturated rings. The minimum Gasteiger partial charge on any atom is -0.305 e. The molecule has 1 aliphatic carbocycles. The van der Waals surface area contributed by atoms with Crippen LogP contribution in [0.4, 0.5) is 5.82 Å². The van der Waals surface area contributed by atoms with E-state index in [1.165, 1.54) is 5.56 Å². The third kappa shape index (κ3) is 3.15. The molecule has 3 aromatic rings. The lowest BCUT2D eigenvalue weighted by Gasteiger charge is -2.08. The minimum atomic E-state index is -0.267. The Bertz CT molecular complexity index is 908. The van der Waals surface area contributed by atoms with Crippen LogP contribution in [0.1, 0.15) is 46.1 Å². The molecule has 2 heterocycles. The second-order valence-electron chi connectivity index (χ2n) is 6.52. The molecule has 25 heavy (non-hydrogen) atoms. The van der Waals surface area contributed by atoms with Crippen molar-refractivity contribution in [2.75, 3.05) is 5.32 Å². The zero-order valence-corrected chi connectivity index (χ0v) is 14.2. The highest BCUT2D eigenvalue weighted by atomic mass is 16.2. The van der Waals surface area contributed by atoms with Crippen molar-refractivity contribution in [2.45, 2.75) is 32.6 Å². The van der Waals surface area contributed by atoms with Gasteiger partial charge in [-0.25, -0.2) is 9.67 Å². The molecule has 0 aliphatic heterocycles. The second-order valence-corrected chi connectivity index (χ2v) is 6.52. The van der Waals surface area contributed by atoms with Crippen molar-refractivity contribution in [3.8, 4) is 5.69 Å². The lowest BCUT2D eigenvalue weighted by atomic mass is 10.2. The molecule has 6 nitrogen and oxygen atoms in total. The highest BCUT2D eigenvalue weighted by Gasteiger charge is 2.34. The number of carbonyl (C=O) groups excluding carboxylic acids is 1. The van der Waals surface area contributed by atoms with Gasteiger partial charge in [-0.3, -0.25) is 4.79 Å². The highest BCUT2D eigenvalue weighted by molar-refractivity contribution is 6.03. The fourth-order valence-corrected chi connectivity index (χ4v) is 2.77. The van der Waals surface area contributed by atoms with E-state index in [9.17, 15) is 4.79 Å². The fraction of sp³-hybridized carbons (Fsp3) is 0.263. The van der Waals surface area contributed by atoms with Crippen molar-refractivity contribution in [2.24, 2.45) is 0 Å². The number of nitrogens with zero attached hydrogens (tertiary/aromatic N) is 4. The zero-order chi connectivity index (χ0) is 17.4. The molecule has 4 rings (SSSR count). The number of hydrogen-bond donors (Lipinski definition) is 1. The van der Waals surface area contributed by atoms with Crippen molar-refractivity contribution >= 4 is 11.7 Å². The first kappa shape index (κ1) is 15.5. The Morgan fingerprint density at radius 1 is 1.08 bits per heavy atom. The van der Waals surface area contributed by atoms with Crippen molar-refractivity contribution in [1.82, 2.24) is 20.0 Å². The molecule has 0 atom stereocenters. The summed E-state index contributed by atoms with van der Waals surface area (Å²) in [7, 11) is 0. The van der Waals surface area contributed by atoms with Gasteiger partial charge in [0.15, 0.2) is 5.69 Å². The summed E-state index contributed by atoms with van der Waals surface area (Å²) in [5, 5.41) is 11.2. The molecule has 126 valence electrons. The molecular formula is C19H19N5O. The molecular weight excluding hydrogens is 314 g/mol. The number of pyridine rings is 1. The van der Waals surface area contributed by atoms with Crippen LogP contribution < -0.4 is 5.32 Å². The van der Waals surface area contributed by atoms with Gasteiger partial charge in [-0.05, 0) is 50.5 Å². The SMILES string of the molecule is Cc1ccc(-n2nnc(C(=O)Nc3ccc(C)cn3)c2C2CC2)cc1. The van der Waals surface area contributed by atoms with E-state index in [0.717, 1.165) is 29.8 Å². The Hall–Kier alpha value is -3.02. The van der Waals surface area contributed by atoms with Gasteiger partial charge in [-0.15, -0.1) is 5.10 Å². The molecule has 1 aromatic carbocycles.